The van der Waals surface area contributed by atoms with Crippen LogP contribution in [0.5, 0.6) is 0 Å². The van der Waals surface area contributed by atoms with Crippen molar-refractivity contribution in [3.8, 4) is 0 Å². The minimum absolute atomic E-state index is 0.0723. The molecule has 0 radical (unpaired) electrons. The molecule has 110 valence electrons. The Bertz CT molecular complexity index is 555. The van der Waals surface area contributed by atoms with E-state index in [4.69, 9.17) is 0 Å². The van der Waals surface area contributed by atoms with Crippen molar-refractivity contribution >= 4 is 17.2 Å². The van der Waals surface area contributed by atoms with E-state index in [0.717, 1.165) is 19.3 Å². The van der Waals surface area contributed by atoms with Crippen LogP contribution < -0.4 is 5.32 Å². The summed E-state index contributed by atoms with van der Waals surface area (Å²) < 4.78 is 1.91. The van der Waals surface area contributed by atoms with Gasteiger partial charge in [-0.2, -0.15) is 5.10 Å². The molecule has 4 nitrogen and oxygen atoms in total. The lowest BCUT2D eigenvalue weighted by Gasteiger charge is -2.21. The molecule has 1 amide bonds. The first kappa shape index (κ1) is 14.1. The topological polar surface area (TPSA) is 46.9 Å². The molecule has 2 aromatic heterocycles. The minimum Gasteiger partial charge on any atom is -0.353 e. The summed E-state index contributed by atoms with van der Waals surface area (Å²) in [6, 6.07) is 6.11. The van der Waals surface area contributed by atoms with Crippen LogP contribution in [-0.4, -0.2) is 22.2 Å². The summed E-state index contributed by atoms with van der Waals surface area (Å²) in [4.78, 5) is 13.5. The molecule has 0 aromatic carbocycles. The lowest BCUT2D eigenvalue weighted by atomic mass is 9.93. The van der Waals surface area contributed by atoms with Crippen LogP contribution in [0.15, 0.2) is 48.1 Å². The highest BCUT2D eigenvalue weighted by Crippen LogP contribution is 2.23. The normalized spacial score (nSPS) is 19.3. The van der Waals surface area contributed by atoms with Crippen LogP contribution >= 0.6 is 11.3 Å². The first-order valence-corrected chi connectivity index (χ1v) is 8.18. The zero-order chi connectivity index (χ0) is 14.5. The zero-order valence-electron chi connectivity index (χ0n) is 11.8. The standard InChI is InChI=1S/C16H19N3OS/c20-16(13-6-2-1-3-7-13)17-12-14(15-8-4-11-21-15)19-10-5-9-18-19/h1-2,4-5,8-11,13-14H,3,6-7,12H2,(H,17,20). The van der Waals surface area contributed by atoms with E-state index in [-0.39, 0.29) is 17.9 Å². The summed E-state index contributed by atoms with van der Waals surface area (Å²) in [5.74, 6) is 0.282. The van der Waals surface area contributed by atoms with Crippen molar-refractivity contribution in [1.82, 2.24) is 15.1 Å². The van der Waals surface area contributed by atoms with Crippen molar-refractivity contribution in [3.63, 3.8) is 0 Å². The number of aromatic nitrogens is 2. The van der Waals surface area contributed by atoms with E-state index in [9.17, 15) is 4.79 Å². The maximum Gasteiger partial charge on any atom is 0.223 e. The summed E-state index contributed by atoms with van der Waals surface area (Å²) in [7, 11) is 0. The molecule has 2 heterocycles. The van der Waals surface area contributed by atoms with Gasteiger partial charge in [0.1, 0.15) is 6.04 Å². The zero-order valence-corrected chi connectivity index (χ0v) is 12.6. The predicted octanol–water partition coefficient (Wildman–Crippen LogP) is 3.01. The van der Waals surface area contributed by atoms with Crippen LogP contribution in [0.1, 0.15) is 30.2 Å². The molecule has 1 aliphatic carbocycles. The monoisotopic (exact) mass is 301 g/mol. The van der Waals surface area contributed by atoms with E-state index in [1.54, 1.807) is 17.5 Å². The number of thiophene rings is 1. The summed E-state index contributed by atoms with van der Waals surface area (Å²) in [6.07, 6.45) is 10.8. The lowest BCUT2D eigenvalue weighted by molar-refractivity contribution is -0.125. The number of carbonyl (C=O) groups excluding carboxylic acids is 1. The molecule has 2 aromatic rings. The van der Waals surface area contributed by atoms with Gasteiger partial charge in [0.25, 0.3) is 0 Å². The van der Waals surface area contributed by atoms with Crippen molar-refractivity contribution in [1.29, 1.82) is 0 Å². The second-order valence-corrected chi connectivity index (χ2v) is 6.22. The fourth-order valence-corrected chi connectivity index (χ4v) is 3.46. The van der Waals surface area contributed by atoms with Gasteiger partial charge in [0.2, 0.25) is 5.91 Å². The third kappa shape index (κ3) is 3.42. The molecule has 2 atom stereocenters. The molecule has 5 heteroatoms. The van der Waals surface area contributed by atoms with Gasteiger partial charge in [0, 0.05) is 29.7 Å². The van der Waals surface area contributed by atoms with Crippen molar-refractivity contribution < 1.29 is 4.79 Å². The first-order chi connectivity index (χ1) is 10.3. The van der Waals surface area contributed by atoms with Gasteiger partial charge in [0.15, 0.2) is 0 Å². The maximum absolute atomic E-state index is 12.3. The van der Waals surface area contributed by atoms with Gasteiger partial charge in [-0.15, -0.1) is 11.3 Å². The van der Waals surface area contributed by atoms with Crippen molar-refractivity contribution in [3.05, 3.63) is 53.0 Å². The Morgan fingerprint density at radius 3 is 3.10 bits per heavy atom. The molecule has 2 unspecified atom stereocenters. The van der Waals surface area contributed by atoms with E-state index in [0.29, 0.717) is 6.54 Å². The average molecular weight is 301 g/mol. The van der Waals surface area contributed by atoms with Crippen LogP contribution in [-0.2, 0) is 4.79 Å². The average Bonchev–Trinajstić information content (AvgIpc) is 3.22. The number of amides is 1. The Morgan fingerprint density at radius 2 is 2.43 bits per heavy atom. The second kappa shape index (κ2) is 6.72. The van der Waals surface area contributed by atoms with Gasteiger partial charge in [-0.1, -0.05) is 18.2 Å². The Balaban J connectivity index is 1.65. The Labute approximate surface area is 128 Å². The molecular formula is C16H19N3OS. The molecule has 0 saturated heterocycles. The minimum atomic E-state index is 0.0723. The number of carbonyl (C=O) groups is 1. The number of nitrogens with one attached hydrogen (secondary N) is 1. The van der Waals surface area contributed by atoms with Crippen LogP contribution in [0.25, 0.3) is 0 Å². The van der Waals surface area contributed by atoms with Gasteiger partial charge in [-0.25, -0.2) is 0 Å². The molecular weight excluding hydrogens is 282 g/mol. The molecule has 1 N–H and O–H groups in total. The van der Waals surface area contributed by atoms with Crippen LogP contribution in [0.3, 0.4) is 0 Å². The van der Waals surface area contributed by atoms with E-state index < -0.39 is 0 Å². The molecule has 0 aliphatic heterocycles. The van der Waals surface area contributed by atoms with Crippen molar-refractivity contribution in [2.24, 2.45) is 5.92 Å². The molecule has 3 rings (SSSR count). The van der Waals surface area contributed by atoms with Crippen molar-refractivity contribution in [2.45, 2.75) is 25.3 Å². The van der Waals surface area contributed by atoms with Crippen molar-refractivity contribution in [2.75, 3.05) is 6.54 Å². The smallest absolute Gasteiger partial charge is 0.223 e. The van der Waals surface area contributed by atoms with E-state index >= 15 is 0 Å². The number of hydrogen-bond donors (Lipinski definition) is 1. The van der Waals surface area contributed by atoms with Gasteiger partial charge < -0.3 is 5.32 Å². The molecule has 21 heavy (non-hydrogen) atoms. The molecule has 1 aliphatic rings. The fraction of sp³-hybridized carbons (Fsp3) is 0.375. The maximum atomic E-state index is 12.3. The van der Waals surface area contributed by atoms with Crippen LogP contribution in [0, 0.1) is 5.92 Å². The van der Waals surface area contributed by atoms with E-state index in [1.165, 1.54) is 4.88 Å². The van der Waals surface area contributed by atoms with Gasteiger partial charge >= 0.3 is 0 Å². The lowest BCUT2D eigenvalue weighted by Crippen LogP contribution is -2.35. The largest absolute Gasteiger partial charge is 0.353 e. The SMILES string of the molecule is O=C(NCC(c1cccs1)n1cccn1)C1CC=CCC1. The Hall–Kier alpha value is -1.88. The summed E-state index contributed by atoms with van der Waals surface area (Å²) >= 11 is 1.69. The highest BCUT2D eigenvalue weighted by molar-refractivity contribution is 7.10. The van der Waals surface area contributed by atoms with Gasteiger partial charge in [-0.3, -0.25) is 9.48 Å². The Kier molecular flexibility index (Phi) is 4.50. The predicted molar refractivity (Wildman–Crippen MR) is 84.2 cm³/mol. The Morgan fingerprint density at radius 1 is 1.48 bits per heavy atom. The van der Waals surface area contributed by atoms with E-state index in [2.05, 4.69) is 34.0 Å². The fourth-order valence-electron chi connectivity index (χ4n) is 2.64. The quantitative estimate of drug-likeness (QED) is 0.863. The number of hydrogen-bond acceptors (Lipinski definition) is 3. The molecule has 0 spiro atoms. The van der Waals surface area contributed by atoms with Gasteiger partial charge in [0.05, 0.1) is 0 Å². The summed E-state index contributed by atoms with van der Waals surface area (Å²) in [5, 5.41) is 9.48. The highest BCUT2D eigenvalue weighted by Gasteiger charge is 2.21. The third-order valence-corrected chi connectivity index (χ3v) is 4.80. The number of nitrogens with zero attached hydrogens (tertiary/aromatic N) is 2. The third-order valence-electron chi connectivity index (χ3n) is 3.83. The highest BCUT2D eigenvalue weighted by atomic mass is 32.1. The number of allylic oxidation sites excluding steroid dienone is 2. The summed E-state index contributed by atoms with van der Waals surface area (Å²) in [6.45, 7) is 0.585. The first-order valence-electron chi connectivity index (χ1n) is 7.30. The molecule has 0 fully saturated rings. The van der Waals surface area contributed by atoms with Crippen LogP contribution in [0.2, 0.25) is 0 Å². The number of rotatable bonds is 5. The van der Waals surface area contributed by atoms with Gasteiger partial charge in [-0.05, 0) is 36.8 Å². The second-order valence-electron chi connectivity index (χ2n) is 5.24. The van der Waals surface area contributed by atoms with E-state index in [1.807, 2.05) is 23.0 Å². The summed E-state index contributed by atoms with van der Waals surface area (Å²) in [5.41, 5.74) is 0. The molecule has 0 bridgehead atoms. The van der Waals surface area contributed by atoms with Crippen LogP contribution in [0.4, 0.5) is 0 Å². The molecule has 0 saturated carbocycles.